The van der Waals surface area contributed by atoms with Crippen molar-refractivity contribution in [3.05, 3.63) is 29.8 Å². The fourth-order valence-electron chi connectivity index (χ4n) is 8.91. The van der Waals surface area contributed by atoms with Gasteiger partial charge in [-0.3, -0.25) is 4.79 Å². The topological polar surface area (TPSA) is 106 Å². The van der Waals surface area contributed by atoms with Gasteiger partial charge in [-0.15, -0.1) is 0 Å². The molecule has 0 radical (unpaired) electrons. The van der Waals surface area contributed by atoms with Gasteiger partial charge in [0.1, 0.15) is 0 Å². The van der Waals surface area contributed by atoms with Crippen LogP contribution in [0.1, 0.15) is 106 Å². The molecule has 2 N–H and O–H groups in total. The van der Waals surface area contributed by atoms with Crippen molar-refractivity contribution in [2.24, 2.45) is 39.6 Å². The van der Waals surface area contributed by atoms with E-state index in [-0.39, 0.29) is 56.7 Å². The summed E-state index contributed by atoms with van der Waals surface area (Å²) in [5.41, 5.74) is 0.804. The van der Waals surface area contributed by atoms with Gasteiger partial charge in [0.2, 0.25) is 0 Å². The summed E-state index contributed by atoms with van der Waals surface area (Å²) in [4.78, 5) is 14.9. The van der Waals surface area contributed by atoms with E-state index in [4.69, 9.17) is 8.85 Å². The van der Waals surface area contributed by atoms with Crippen LogP contribution >= 0.6 is 0 Å². The molecule has 14 heteroatoms. The van der Waals surface area contributed by atoms with E-state index in [2.05, 4.69) is 96.8 Å². The Labute approximate surface area is 325 Å². The molecule has 0 bridgehead atoms. The maximum atomic E-state index is 13.6. The highest BCUT2D eigenvalue weighted by Crippen LogP contribution is 2.62. The van der Waals surface area contributed by atoms with Crippen molar-refractivity contribution in [3.8, 4) is 0 Å². The van der Waals surface area contributed by atoms with Gasteiger partial charge in [-0.05, 0) is 129 Å². The summed E-state index contributed by atoms with van der Waals surface area (Å²) in [6, 6.07) is 6.54. The fraction of sp³-hybridized carbons (Fsp3) is 0.800. The first-order valence-corrected chi connectivity index (χ1v) is 27.1. The highest BCUT2D eigenvalue weighted by molar-refractivity contribution is 7.89. The highest BCUT2D eigenvalue weighted by atomic mass is 32.2. The number of fused-ring (bicyclic) bond motifs is 1. The van der Waals surface area contributed by atoms with E-state index < -0.39 is 44.2 Å². The number of hydrogen-bond donors (Lipinski definition) is 2. The minimum atomic E-state index is -4.99. The Kier molecular flexibility index (Phi) is 12.9. The number of amides is 1. The van der Waals surface area contributed by atoms with E-state index in [1.807, 2.05) is 6.92 Å². The van der Waals surface area contributed by atoms with Crippen molar-refractivity contribution in [2.75, 3.05) is 13.2 Å². The number of rotatable bonds is 11. The van der Waals surface area contributed by atoms with Crippen molar-refractivity contribution in [1.29, 1.82) is 0 Å². The molecule has 0 heterocycles. The van der Waals surface area contributed by atoms with E-state index in [9.17, 15) is 26.4 Å². The molecule has 1 aromatic rings. The first-order chi connectivity index (χ1) is 24.4. The predicted molar refractivity (Wildman–Crippen MR) is 216 cm³/mol. The first kappa shape index (κ1) is 45.0. The van der Waals surface area contributed by atoms with Gasteiger partial charge in [-0.1, -0.05) is 73.1 Å². The number of hydrazone groups is 1. The average Bonchev–Trinajstić information content (AvgIpc) is 3.37. The number of carbonyl (C=O) groups is 1. The summed E-state index contributed by atoms with van der Waals surface area (Å²) in [6.45, 7) is 29.2. The van der Waals surface area contributed by atoms with Gasteiger partial charge in [0.25, 0.3) is 10.0 Å². The van der Waals surface area contributed by atoms with Gasteiger partial charge in [0.15, 0.2) is 16.6 Å². The van der Waals surface area contributed by atoms with Crippen LogP contribution in [-0.4, -0.2) is 62.1 Å². The van der Waals surface area contributed by atoms with E-state index in [0.29, 0.717) is 38.0 Å². The van der Waals surface area contributed by atoms with Crippen molar-refractivity contribution >= 4 is 38.3 Å². The van der Waals surface area contributed by atoms with Crippen molar-refractivity contribution in [2.45, 2.75) is 161 Å². The molecule has 0 aromatic heterocycles. The van der Waals surface area contributed by atoms with Crippen LogP contribution in [0.25, 0.3) is 0 Å². The number of carbonyl (C=O) groups excluding carboxylic acids is 1. The number of benzene rings is 1. The number of nitrogens with zero attached hydrogens (tertiary/aromatic N) is 1. The lowest BCUT2D eigenvalue weighted by Gasteiger charge is -2.57. The van der Waals surface area contributed by atoms with E-state index in [1.165, 1.54) is 0 Å². The van der Waals surface area contributed by atoms with Crippen LogP contribution in [0.3, 0.4) is 0 Å². The molecule has 54 heavy (non-hydrogen) atoms. The molecule has 0 aliphatic heterocycles. The summed E-state index contributed by atoms with van der Waals surface area (Å²) in [7, 11) is -8.15. The van der Waals surface area contributed by atoms with Crippen LogP contribution < -0.4 is 10.1 Å². The van der Waals surface area contributed by atoms with Gasteiger partial charge in [0, 0.05) is 30.4 Å². The van der Waals surface area contributed by atoms with Crippen LogP contribution in [-0.2, 0) is 23.7 Å². The second kappa shape index (κ2) is 15.5. The monoisotopic (exact) mass is 815 g/mol. The fourth-order valence-corrected chi connectivity index (χ4v) is 12.2. The van der Waals surface area contributed by atoms with Gasteiger partial charge in [-0.2, -0.15) is 26.7 Å². The number of alkyl halides is 3. The van der Waals surface area contributed by atoms with Crippen LogP contribution in [0.15, 0.2) is 34.3 Å². The molecule has 4 rings (SSSR count). The average molecular weight is 816 g/mol. The van der Waals surface area contributed by atoms with Crippen LogP contribution in [0, 0.1) is 41.4 Å². The minimum absolute atomic E-state index is 0.00505. The summed E-state index contributed by atoms with van der Waals surface area (Å²) < 4.78 is 81.3. The molecule has 3 aliphatic carbocycles. The quantitative estimate of drug-likeness (QED) is 0.171. The van der Waals surface area contributed by atoms with Crippen molar-refractivity contribution in [3.63, 3.8) is 0 Å². The third-order valence-electron chi connectivity index (χ3n) is 14.6. The first-order valence-electron chi connectivity index (χ1n) is 19.8. The SMILES string of the molecule is Cc1ccc(S(=O)(=O)N/N=C2\CC[C@H]3[C@H](CNC(=O)C(F)(F)F)[C@@H]([C@@]4(C)CC[C@H](O[Si](C)(C)C(C)(C)C)C[C@@H]4CO[Si](C)(C)C(C)(C)C)CC[C@]23C)cc1. The number of hydrogen-bond acceptors (Lipinski definition) is 6. The van der Waals surface area contributed by atoms with Gasteiger partial charge in [0.05, 0.1) is 4.90 Å². The summed E-state index contributed by atoms with van der Waals surface area (Å²) >= 11 is 0. The standard InChI is InChI=1S/C40H68F3N3O5SSi2/c1-27-14-16-30(17-15-27)52(48,49)46-45-34-19-18-32-31(25-44-35(47)40(41,42)43)33(21-23-39(32,34)9)38(8)22-20-29(51-54(12,13)37(5,6)7)24-28(38)26-50-53(10,11)36(2,3)4/h14-17,28-29,31-33,46H,18-26H2,1-13H3,(H,44,47)/b45-34+/t28-,29+,31+,32+,33+,38+,39+/m1/s1. The largest absolute Gasteiger partial charge is 0.471 e. The zero-order valence-electron chi connectivity index (χ0n) is 35.1. The Morgan fingerprint density at radius 2 is 1.50 bits per heavy atom. The molecular formula is C40H68F3N3O5SSi2. The molecule has 3 aliphatic rings. The number of aryl methyl sites for hydroxylation is 1. The second-order valence-electron chi connectivity index (χ2n) is 20.1. The lowest BCUT2D eigenvalue weighted by Crippen LogP contribution is -2.56. The summed E-state index contributed by atoms with van der Waals surface area (Å²) in [6.07, 6.45) is 0.165. The van der Waals surface area contributed by atoms with Gasteiger partial charge >= 0.3 is 12.1 Å². The molecule has 3 fully saturated rings. The molecule has 1 amide bonds. The molecule has 0 spiro atoms. The Morgan fingerprint density at radius 3 is 2.06 bits per heavy atom. The normalized spacial score (nSPS) is 31.0. The molecule has 8 nitrogen and oxygen atoms in total. The number of nitrogens with one attached hydrogen (secondary N) is 2. The Bertz CT molecular complexity index is 1640. The summed E-state index contributed by atoms with van der Waals surface area (Å²) in [5.74, 6) is -2.22. The van der Waals surface area contributed by atoms with E-state index >= 15 is 0 Å². The van der Waals surface area contributed by atoms with Crippen molar-refractivity contribution in [1.82, 2.24) is 10.1 Å². The second-order valence-corrected chi connectivity index (χ2v) is 31.3. The number of sulfonamides is 1. The molecule has 7 atom stereocenters. The zero-order chi connectivity index (χ0) is 40.9. The minimum Gasteiger partial charge on any atom is -0.417 e. The van der Waals surface area contributed by atoms with Crippen LogP contribution in [0.2, 0.25) is 36.3 Å². The molecule has 0 saturated heterocycles. The third kappa shape index (κ3) is 9.50. The van der Waals surface area contributed by atoms with Crippen molar-refractivity contribution < 1.29 is 35.2 Å². The lowest BCUT2D eigenvalue weighted by molar-refractivity contribution is -0.174. The lowest BCUT2D eigenvalue weighted by atomic mass is 9.49. The molecule has 1 aromatic carbocycles. The van der Waals surface area contributed by atoms with Gasteiger partial charge < -0.3 is 14.2 Å². The molecule has 0 unspecified atom stereocenters. The zero-order valence-corrected chi connectivity index (χ0v) is 37.9. The van der Waals surface area contributed by atoms with Crippen LogP contribution in [0.5, 0.6) is 0 Å². The third-order valence-corrected chi connectivity index (χ3v) is 24.9. The Balaban J connectivity index is 1.70. The highest BCUT2D eigenvalue weighted by Gasteiger charge is 2.59. The van der Waals surface area contributed by atoms with E-state index in [0.717, 1.165) is 24.8 Å². The Morgan fingerprint density at radius 1 is 0.907 bits per heavy atom. The molecule has 3 saturated carbocycles. The number of halogens is 3. The smallest absolute Gasteiger partial charge is 0.417 e. The Hall–Kier alpha value is -1.75. The maximum absolute atomic E-state index is 13.6. The van der Waals surface area contributed by atoms with E-state index in [1.54, 1.807) is 24.3 Å². The van der Waals surface area contributed by atoms with Gasteiger partial charge in [-0.25, -0.2) is 4.83 Å². The van der Waals surface area contributed by atoms with Crippen LogP contribution in [0.4, 0.5) is 13.2 Å². The maximum Gasteiger partial charge on any atom is 0.471 e. The molecule has 308 valence electrons. The predicted octanol–water partition coefficient (Wildman–Crippen LogP) is 9.97. The summed E-state index contributed by atoms with van der Waals surface area (Å²) in [5, 5.41) is 6.86. The molecular weight excluding hydrogens is 748 g/mol.